The Bertz CT molecular complexity index is 2560. The van der Waals surface area contributed by atoms with Crippen LogP contribution in [-0.4, -0.2) is 24.9 Å². The second kappa shape index (κ2) is 15.2. The molecule has 0 spiro atoms. The van der Waals surface area contributed by atoms with Crippen LogP contribution in [0.4, 0.5) is 0 Å². The highest BCUT2D eigenvalue weighted by molar-refractivity contribution is 5.79. The van der Waals surface area contributed by atoms with E-state index in [0.29, 0.717) is 17.5 Å². The molecule has 0 aliphatic heterocycles. The van der Waals surface area contributed by atoms with Crippen LogP contribution in [0.5, 0.6) is 11.5 Å². The standard InChI is InChI=1S/C49H33N5O/c1-3-11-37(12-4-1)47-52-48(38-13-5-2-6-14-38)54-49(53-47)39-19-17-34(18-20-39)35-21-25-43(26-22-35)55-44-27-23-36(24-28-44)40-31-41(45-15-7-9-29-50-45)33-42(32-40)46-16-8-10-30-51-46/h1-33H. The predicted molar refractivity (Wildman–Crippen MR) is 220 cm³/mol. The Labute approximate surface area is 319 Å². The molecule has 0 bridgehead atoms. The molecule has 9 rings (SSSR count). The summed E-state index contributed by atoms with van der Waals surface area (Å²) < 4.78 is 6.28. The van der Waals surface area contributed by atoms with E-state index in [1.54, 1.807) is 0 Å². The SMILES string of the molecule is c1ccc(-c2nc(-c3ccccc3)nc(-c3ccc(-c4ccc(Oc5ccc(-c6cc(-c7ccccn7)cc(-c7ccccn7)c6)cc5)cc4)cc3)n2)cc1. The summed E-state index contributed by atoms with van der Waals surface area (Å²) in [6.07, 6.45) is 3.64. The van der Waals surface area contributed by atoms with Crippen LogP contribution in [0.3, 0.4) is 0 Å². The van der Waals surface area contributed by atoms with Crippen molar-refractivity contribution >= 4 is 0 Å². The van der Waals surface area contributed by atoms with E-state index < -0.39 is 0 Å². The van der Waals surface area contributed by atoms with Crippen molar-refractivity contribution in [2.45, 2.75) is 0 Å². The second-order valence-corrected chi connectivity index (χ2v) is 13.0. The average molecular weight is 708 g/mol. The molecule has 0 amide bonds. The van der Waals surface area contributed by atoms with E-state index >= 15 is 0 Å². The van der Waals surface area contributed by atoms with Crippen LogP contribution >= 0.6 is 0 Å². The fourth-order valence-corrected chi connectivity index (χ4v) is 6.47. The monoisotopic (exact) mass is 707 g/mol. The summed E-state index contributed by atoms with van der Waals surface area (Å²) in [4.78, 5) is 23.7. The Morgan fingerprint density at radius 1 is 0.273 bits per heavy atom. The molecule has 0 aliphatic rings. The minimum Gasteiger partial charge on any atom is -0.457 e. The molecule has 0 atom stereocenters. The molecule has 3 heterocycles. The van der Waals surface area contributed by atoms with Gasteiger partial charge in [-0.05, 0) is 89.0 Å². The zero-order valence-corrected chi connectivity index (χ0v) is 29.7. The smallest absolute Gasteiger partial charge is 0.164 e. The maximum absolute atomic E-state index is 6.28. The molecule has 0 saturated heterocycles. The van der Waals surface area contributed by atoms with Crippen molar-refractivity contribution in [3.8, 4) is 90.4 Å². The summed E-state index contributed by atoms with van der Waals surface area (Å²) in [5.74, 6) is 3.43. The first kappa shape index (κ1) is 33.3. The molecule has 0 unspecified atom stereocenters. The molecule has 55 heavy (non-hydrogen) atoms. The third-order valence-corrected chi connectivity index (χ3v) is 9.31. The van der Waals surface area contributed by atoms with Crippen LogP contribution in [0.2, 0.25) is 0 Å². The molecule has 9 aromatic rings. The van der Waals surface area contributed by atoms with Crippen molar-refractivity contribution in [2.24, 2.45) is 0 Å². The van der Waals surface area contributed by atoms with E-state index in [-0.39, 0.29) is 0 Å². The number of ether oxygens (including phenoxy) is 1. The van der Waals surface area contributed by atoms with E-state index in [1.165, 1.54) is 0 Å². The molecular weight excluding hydrogens is 675 g/mol. The number of aromatic nitrogens is 5. The van der Waals surface area contributed by atoms with Crippen molar-refractivity contribution in [2.75, 3.05) is 0 Å². The van der Waals surface area contributed by atoms with Crippen LogP contribution in [0.15, 0.2) is 200 Å². The minimum absolute atomic E-state index is 0.628. The van der Waals surface area contributed by atoms with Crippen molar-refractivity contribution in [1.29, 1.82) is 0 Å². The van der Waals surface area contributed by atoms with Gasteiger partial charge in [-0.1, -0.05) is 121 Å². The Hall–Kier alpha value is -7.57. The zero-order chi connectivity index (χ0) is 36.8. The van der Waals surface area contributed by atoms with E-state index in [2.05, 4.69) is 76.7 Å². The average Bonchev–Trinajstić information content (AvgIpc) is 3.28. The van der Waals surface area contributed by atoms with E-state index in [9.17, 15) is 0 Å². The van der Waals surface area contributed by atoms with Crippen molar-refractivity contribution in [1.82, 2.24) is 24.9 Å². The van der Waals surface area contributed by atoms with Gasteiger partial charge in [0.05, 0.1) is 11.4 Å². The molecular formula is C49H33N5O. The molecule has 3 aromatic heterocycles. The topological polar surface area (TPSA) is 73.7 Å². The molecule has 0 N–H and O–H groups in total. The lowest BCUT2D eigenvalue weighted by atomic mass is 9.96. The highest BCUT2D eigenvalue weighted by Crippen LogP contribution is 2.34. The van der Waals surface area contributed by atoms with Crippen molar-refractivity contribution < 1.29 is 4.74 Å². The normalized spacial score (nSPS) is 10.9. The largest absolute Gasteiger partial charge is 0.457 e. The first-order valence-electron chi connectivity index (χ1n) is 18.1. The van der Waals surface area contributed by atoms with Gasteiger partial charge in [0.15, 0.2) is 17.5 Å². The van der Waals surface area contributed by atoms with Gasteiger partial charge in [-0.25, -0.2) is 15.0 Å². The predicted octanol–water partition coefficient (Wildman–Crippen LogP) is 12.1. The lowest BCUT2D eigenvalue weighted by Crippen LogP contribution is -2.00. The Morgan fingerprint density at radius 3 is 1.04 bits per heavy atom. The third kappa shape index (κ3) is 7.52. The first-order chi connectivity index (χ1) is 27.2. The van der Waals surface area contributed by atoms with Gasteiger partial charge in [0.1, 0.15) is 11.5 Å². The number of rotatable bonds is 9. The van der Waals surface area contributed by atoms with E-state index in [0.717, 1.165) is 73.0 Å². The number of benzene rings is 6. The fourth-order valence-electron chi connectivity index (χ4n) is 6.47. The van der Waals surface area contributed by atoms with Gasteiger partial charge < -0.3 is 4.74 Å². The van der Waals surface area contributed by atoms with Gasteiger partial charge >= 0.3 is 0 Å². The second-order valence-electron chi connectivity index (χ2n) is 13.0. The molecule has 0 fully saturated rings. The number of hydrogen-bond donors (Lipinski definition) is 0. The van der Waals surface area contributed by atoms with Gasteiger partial charge in [-0.2, -0.15) is 0 Å². The van der Waals surface area contributed by atoms with Crippen LogP contribution < -0.4 is 4.74 Å². The highest BCUT2D eigenvalue weighted by Gasteiger charge is 2.13. The summed E-state index contributed by atoms with van der Waals surface area (Å²) in [6.45, 7) is 0. The Morgan fingerprint density at radius 2 is 0.618 bits per heavy atom. The van der Waals surface area contributed by atoms with Crippen molar-refractivity contribution in [3.05, 3.63) is 200 Å². The first-order valence-corrected chi connectivity index (χ1v) is 18.1. The zero-order valence-electron chi connectivity index (χ0n) is 29.7. The number of nitrogens with zero attached hydrogens (tertiary/aromatic N) is 5. The van der Waals surface area contributed by atoms with Gasteiger partial charge in [0.25, 0.3) is 0 Å². The van der Waals surface area contributed by atoms with Gasteiger partial charge in [0.2, 0.25) is 0 Å². The van der Waals surface area contributed by atoms with Crippen LogP contribution in [0, 0.1) is 0 Å². The third-order valence-electron chi connectivity index (χ3n) is 9.31. The van der Waals surface area contributed by atoms with Crippen LogP contribution in [0.25, 0.3) is 78.9 Å². The number of pyridine rings is 2. The molecule has 0 saturated carbocycles. The quantitative estimate of drug-likeness (QED) is 0.149. The van der Waals surface area contributed by atoms with Crippen molar-refractivity contribution in [3.63, 3.8) is 0 Å². The molecule has 260 valence electrons. The molecule has 6 aromatic carbocycles. The van der Waals surface area contributed by atoms with E-state index in [1.807, 2.05) is 134 Å². The minimum atomic E-state index is 0.628. The van der Waals surface area contributed by atoms with E-state index in [4.69, 9.17) is 19.7 Å². The highest BCUT2D eigenvalue weighted by atomic mass is 16.5. The maximum atomic E-state index is 6.28. The molecule has 0 aliphatic carbocycles. The fraction of sp³-hybridized carbons (Fsp3) is 0. The lowest BCUT2D eigenvalue weighted by Gasteiger charge is -2.11. The summed E-state index contributed by atoms with van der Waals surface area (Å²) >= 11 is 0. The number of hydrogen-bond acceptors (Lipinski definition) is 6. The van der Waals surface area contributed by atoms with Gasteiger partial charge in [-0.3, -0.25) is 9.97 Å². The Balaban J connectivity index is 0.927. The summed E-state index contributed by atoms with van der Waals surface area (Å²) in [7, 11) is 0. The van der Waals surface area contributed by atoms with Crippen LogP contribution in [-0.2, 0) is 0 Å². The maximum Gasteiger partial charge on any atom is 0.164 e. The van der Waals surface area contributed by atoms with Gasteiger partial charge in [0, 0.05) is 40.2 Å². The summed E-state index contributed by atoms with van der Waals surface area (Å²) in [5, 5.41) is 0. The van der Waals surface area contributed by atoms with Crippen LogP contribution in [0.1, 0.15) is 0 Å². The summed E-state index contributed by atoms with van der Waals surface area (Å²) in [5.41, 5.74) is 11.0. The lowest BCUT2D eigenvalue weighted by molar-refractivity contribution is 0.483. The molecule has 6 nitrogen and oxygen atoms in total. The van der Waals surface area contributed by atoms with Gasteiger partial charge in [-0.15, -0.1) is 0 Å². The summed E-state index contributed by atoms with van der Waals surface area (Å²) in [6, 6.07) is 63.1. The molecule has 6 heteroatoms. The Kier molecular flexibility index (Phi) is 9.19. The molecule has 0 radical (unpaired) electrons.